The summed E-state index contributed by atoms with van der Waals surface area (Å²) in [6, 6.07) is 2.96. The van der Waals surface area contributed by atoms with Crippen molar-refractivity contribution < 1.29 is 22.0 Å². The van der Waals surface area contributed by atoms with E-state index in [0.29, 0.717) is 0 Å². The second-order valence-corrected chi connectivity index (χ2v) is 6.57. The van der Waals surface area contributed by atoms with E-state index >= 15 is 0 Å². The highest BCUT2D eigenvalue weighted by molar-refractivity contribution is 7.88. The summed E-state index contributed by atoms with van der Waals surface area (Å²) in [6.07, 6.45) is 1.11. The second-order valence-electron chi connectivity index (χ2n) is 4.58. The number of halogens is 2. The molecule has 0 bridgehead atoms. The number of sulfonamides is 1. The zero-order chi connectivity index (χ0) is 14.9. The van der Waals surface area contributed by atoms with E-state index in [4.69, 9.17) is 0 Å². The molecule has 20 heavy (non-hydrogen) atoms. The Hall–Kier alpha value is -1.54. The van der Waals surface area contributed by atoms with Crippen LogP contribution in [0.3, 0.4) is 0 Å². The Kier molecular flexibility index (Phi) is 4.05. The second kappa shape index (κ2) is 5.45. The van der Waals surface area contributed by atoms with Crippen molar-refractivity contribution in [2.75, 3.05) is 32.4 Å². The number of piperazine rings is 1. The molecular weight excluding hydrogens is 290 g/mol. The monoisotopic (exact) mass is 304 g/mol. The van der Waals surface area contributed by atoms with Crippen LogP contribution in [0.4, 0.5) is 8.78 Å². The molecule has 0 N–H and O–H groups in total. The Bertz CT molecular complexity index is 626. The van der Waals surface area contributed by atoms with Gasteiger partial charge in [0.25, 0.3) is 5.91 Å². The summed E-state index contributed by atoms with van der Waals surface area (Å²) >= 11 is 0. The lowest BCUT2D eigenvalue weighted by atomic mass is 10.1. The van der Waals surface area contributed by atoms with Gasteiger partial charge in [0.1, 0.15) is 0 Å². The minimum atomic E-state index is -3.27. The van der Waals surface area contributed by atoms with Gasteiger partial charge in [0, 0.05) is 31.7 Å². The summed E-state index contributed by atoms with van der Waals surface area (Å²) in [6.45, 7) is 0.859. The molecule has 1 saturated heterocycles. The van der Waals surface area contributed by atoms with Crippen LogP contribution in [-0.2, 0) is 10.0 Å². The molecule has 0 aromatic heterocycles. The maximum absolute atomic E-state index is 13.1. The standard InChI is InChI=1S/C12H14F2N2O3S/c1-20(18,19)16-6-4-15(5-7-16)12(17)9-2-3-10(13)11(14)8-9/h2-3,8H,4-7H2,1H3. The first-order valence-electron chi connectivity index (χ1n) is 5.98. The molecule has 0 unspecified atom stereocenters. The molecule has 0 atom stereocenters. The molecule has 1 aromatic carbocycles. The summed E-state index contributed by atoms with van der Waals surface area (Å²) < 4.78 is 49.9. The normalized spacial score (nSPS) is 17.2. The van der Waals surface area contributed by atoms with E-state index in [1.165, 1.54) is 15.3 Å². The molecule has 1 aliphatic heterocycles. The molecule has 1 amide bonds. The molecule has 2 rings (SSSR count). The Morgan fingerprint density at radius 1 is 1.10 bits per heavy atom. The predicted octanol–water partition coefficient (Wildman–Crippen LogP) is 0.682. The van der Waals surface area contributed by atoms with Crippen LogP contribution in [0, 0.1) is 11.6 Å². The van der Waals surface area contributed by atoms with Crippen molar-refractivity contribution in [3.8, 4) is 0 Å². The van der Waals surface area contributed by atoms with Crippen molar-refractivity contribution in [2.45, 2.75) is 0 Å². The predicted molar refractivity (Wildman–Crippen MR) is 68.7 cm³/mol. The third kappa shape index (κ3) is 3.13. The van der Waals surface area contributed by atoms with Crippen molar-refractivity contribution >= 4 is 15.9 Å². The first-order chi connectivity index (χ1) is 9.29. The fourth-order valence-electron chi connectivity index (χ4n) is 2.03. The Morgan fingerprint density at radius 2 is 1.70 bits per heavy atom. The van der Waals surface area contributed by atoms with Gasteiger partial charge in [-0.05, 0) is 18.2 Å². The highest BCUT2D eigenvalue weighted by atomic mass is 32.2. The van der Waals surface area contributed by atoms with Crippen LogP contribution in [-0.4, -0.2) is 56.0 Å². The van der Waals surface area contributed by atoms with Gasteiger partial charge in [0.2, 0.25) is 10.0 Å². The fourth-order valence-corrected chi connectivity index (χ4v) is 2.86. The first-order valence-corrected chi connectivity index (χ1v) is 7.83. The highest BCUT2D eigenvalue weighted by Gasteiger charge is 2.26. The fraction of sp³-hybridized carbons (Fsp3) is 0.417. The molecule has 1 heterocycles. The van der Waals surface area contributed by atoms with Crippen molar-refractivity contribution in [3.63, 3.8) is 0 Å². The number of amides is 1. The van der Waals surface area contributed by atoms with E-state index in [0.717, 1.165) is 18.4 Å². The summed E-state index contributed by atoms with van der Waals surface area (Å²) in [5.41, 5.74) is 0.0525. The molecule has 0 radical (unpaired) electrons. The molecule has 0 saturated carbocycles. The smallest absolute Gasteiger partial charge is 0.254 e. The van der Waals surface area contributed by atoms with Gasteiger partial charge in [0.05, 0.1) is 6.26 Å². The number of hydrogen-bond acceptors (Lipinski definition) is 3. The number of nitrogens with zero attached hydrogens (tertiary/aromatic N) is 2. The maximum Gasteiger partial charge on any atom is 0.254 e. The Labute approximate surface area is 115 Å². The van der Waals surface area contributed by atoms with Gasteiger partial charge in [-0.15, -0.1) is 0 Å². The van der Waals surface area contributed by atoms with E-state index < -0.39 is 27.6 Å². The Balaban J connectivity index is 2.07. The van der Waals surface area contributed by atoms with Crippen LogP contribution < -0.4 is 0 Å². The van der Waals surface area contributed by atoms with E-state index in [9.17, 15) is 22.0 Å². The van der Waals surface area contributed by atoms with Crippen LogP contribution in [0.15, 0.2) is 18.2 Å². The third-order valence-corrected chi connectivity index (χ3v) is 4.46. The van der Waals surface area contributed by atoms with E-state index in [2.05, 4.69) is 0 Å². The lowest BCUT2D eigenvalue weighted by molar-refractivity contribution is 0.0697. The van der Waals surface area contributed by atoms with Crippen LogP contribution in [0.1, 0.15) is 10.4 Å². The number of carbonyl (C=O) groups excluding carboxylic acids is 1. The molecular formula is C12H14F2N2O3S. The van der Waals surface area contributed by atoms with Crippen molar-refractivity contribution in [1.82, 2.24) is 9.21 Å². The lowest BCUT2D eigenvalue weighted by Gasteiger charge is -2.33. The van der Waals surface area contributed by atoms with Crippen LogP contribution >= 0.6 is 0 Å². The van der Waals surface area contributed by atoms with E-state index in [1.54, 1.807) is 0 Å². The minimum absolute atomic E-state index is 0.0525. The van der Waals surface area contributed by atoms with Crippen LogP contribution in [0.5, 0.6) is 0 Å². The highest BCUT2D eigenvalue weighted by Crippen LogP contribution is 2.13. The Morgan fingerprint density at radius 3 is 2.20 bits per heavy atom. The molecule has 0 spiro atoms. The van der Waals surface area contributed by atoms with Gasteiger partial charge in [-0.2, -0.15) is 4.31 Å². The first kappa shape index (κ1) is 14.9. The average Bonchev–Trinajstić information content (AvgIpc) is 2.40. The maximum atomic E-state index is 13.1. The summed E-state index contributed by atoms with van der Waals surface area (Å²) in [4.78, 5) is 13.5. The van der Waals surface area contributed by atoms with Gasteiger partial charge in [-0.1, -0.05) is 0 Å². The number of carbonyl (C=O) groups is 1. The number of benzene rings is 1. The minimum Gasteiger partial charge on any atom is -0.336 e. The summed E-state index contributed by atoms with van der Waals surface area (Å²) in [5, 5.41) is 0. The molecule has 0 aliphatic carbocycles. The van der Waals surface area contributed by atoms with Crippen molar-refractivity contribution in [3.05, 3.63) is 35.4 Å². The van der Waals surface area contributed by atoms with Crippen LogP contribution in [0.25, 0.3) is 0 Å². The number of hydrogen-bond donors (Lipinski definition) is 0. The molecule has 8 heteroatoms. The number of rotatable bonds is 2. The molecule has 5 nitrogen and oxygen atoms in total. The van der Waals surface area contributed by atoms with Gasteiger partial charge >= 0.3 is 0 Å². The summed E-state index contributed by atoms with van der Waals surface area (Å²) in [7, 11) is -3.27. The van der Waals surface area contributed by atoms with Gasteiger partial charge in [-0.3, -0.25) is 4.79 Å². The van der Waals surface area contributed by atoms with Crippen LogP contribution in [0.2, 0.25) is 0 Å². The molecule has 1 aromatic rings. The van der Waals surface area contributed by atoms with Gasteiger partial charge in [0.15, 0.2) is 11.6 Å². The zero-order valence-corrected chi connectivity index (χ0v) is 11.7. The van der Waals surface area contributed by atoms with Gasteiger partial charge in [-0.25, -0.2) is 17.2 Å². The van der Waals surface area contributed by atoms with E-state index in [-0.39, 0.29) is 31.7 Å². The molecule has 110 valence electrons. The summed E-state index contributed by atoms with van der Waals surface area (Å²) in [5.74, 6) is -2.52. The molecule has 1 aliphatic rings. The average molecular weight is 304 g/mol. The topological polar surface area (TPSA) is 57.7 Å². The zero-order valence-electron chi connectivity index (χ0n) is 10.8. The third-order valence-electron chi connectivity index (χ3n) is 3.16. The quantitative estimate of drug-likeness (QED) is 0.807. The van der Waals surface area contributed by atoms with Gasteiger partial charge < -0.3 is 4.90 Å². The van der Waals surface area contributed by atoms with Crippen molar-refractivity contribution in [2.24, 2.45) is 0 Å². The van der Waals surface area contributed by atoms with Crippen molar-refractivity contribution in [1.29, 1.82) is 0 Å². The largest absolute Gasteiger partial charge is 0.336 e. The van der Waals surface area contributed by atoms with E-state index in [1.807, 2.05) is 0 Å². The molecule has 1 fully saturated rings. The SMILES string of the molecule is CS(=O)(=O)N1CCN(C(=O)c2ccc(F)c(F)c2)CC1. The lowest BCUT2D eigenvalue weighted by Crippen LogP contribution is -2.50.